The van der Waals surface area contributed by atoms with Gasteiger partial charge in [0, 0.05) is 6.42 Å². The smallest absolute Gasteiger partial charge is 0.306 e. The van der Waals surface area contributed by atoms with Crippen LogP contribution < -0.4 is 5.32 Å². The summed E-state index contributed by atoms with van der Waals surface area (Å²) in [6.07, 6.45) is 56.4. The van der Waals surface area contributed by atoms with Crippen molar-refractivity contribution in [1.82, 2.24) is 5.32 Å². The zero-order chi connectivity index (χ0) is 43.8. The minimum Gasteiger partial charge on any atom is -0.462 e. The monoisotopic (exact) mass is 844 g/mol. The van der Waals surface area contributed by atoms with E-state index in [4.69, 9.17) is 4.74 Å². The van der Waals surface area contributed by atoms with E-state index in [9.17, 15) is 19.8 Å². The SMILES string of the molecule is CCCCCCC/C=C/C=C/C=C/CCCCCCCC(=O)OC(CCCCCCCCCC)CC(=O)NC(CO)C(O)CCCCCCCCCCCCCCCCC. The summed E-state index contributed by atoms with van der Waals surface area (Å²) in [6.45, 7) is 6.46. The number of esters is 1. The van der Waals surface area contributed by atoms with E-state index in [1.807, 2.05) is 0 Å². The first-order valence-electron chi connectivity index (χ1n) is 26.2. The van der Waals surface area contributed by atoms with Gasteiger partial charge in [0.15, 0.2) is 0 Å². The summed E-state index contributed by atoms with van der Waals surface area (Å²) in [5.41, 5.74) is 0. The summed E-state index contributed by atoms with van der Waals surface area (Å²) < 4.78 is 5.90. The van der Waals surface area contributed by atoms with E-state index >= 15 is 0 Å². The molecule has 6 nitrogen and oxygen atoms in total. The molecule has 3 N–H and O–H groups in total. The lowest BCUT2D eigenvalue weighted by molar-refractivity contribution is -0.151. The Morgan fingerprint density at radius 3 is 1.27 bits per heavy atom. The Hall–Kier alpha value is -1.92. The molecule has 352 valence electrons. The molecule has 3 atom stereocenters. The molecule has 0 bridgehead atoms. The molecule has 0 aromatic rings. The molecule has 0 aliphatic carbocycles. The van der Waals surface area contributed by atoms with Gasteiger partial charge >= 0.3 is 5.97 Å². The molecule has 60 heavy (non-hydrogen) atoms. The number of aliphatic hydroxyl groups excluding tert-OH is 2. The van der Waals surface area contributed by atoms with E-state index in [-0.39, 0.29) is 24.9 Å². The summed E-state index contributed by atoms with van der Waals surface area (Å²) in [6, 6.07) is -0.701. The quantitative estimate of drug-likeness (QED) is 0.0322. The average Bonchev–Trinajstić information content (AvgIpc) is 3.24. The molecular weight excluding hydrogens is 743 g/mol. The lowest BCUT2D eigenvalue weighted by atomic mass is 10.0. The predicted octanol–water partition coefficient (Wildman–Crippen LogP) is 15.7. The van der Waals surface area contributed by atoms with Crippen LogP contribution >= 0.6 is 0 Å². The largest absolute Gasteiger partial charge is 0.462 e. The van der Waals surface area contributed by atoms with Gasteiger partial charge < -0.3 is 20.3 Å². The molecule has 0 fully saturated rings. The zero-order valence-corrected chi connectivity index (χ0v) is 40.1. The molecule has 0 radical (unpaired) electrons. The van der Waals surface area contributed by atoms with Crippen LogP contribution in [-0.4, -0.2) is 46.9 Å². The first-order chi connectivity index (χ1) is 29.5. The molecule has 3 unspecified atom stereocenters. The third-order valence-electron chi connectivity index (χ3n) is 12.0. The minimum atomic E-state index is -0.788. The normalized spacial score (nSPS) is 13.5. The lowest BCUT2D eigenvalue weighted by Gasteiger charge is -2.24. The third-order valence-corrected chi connectivity index (χ3v) is 12.0. The molecule has 0 aliphatic rings. The van der Waals surface area contributed by atoms with Crippen molar-refractivity contribution in [1.29, 1.82) is 0 Å². The number of hydrogen-bond donors (Lipinski definition) is 3. The number of ether oxygens (including phenoxy) is 1. The zero-order valence-electron chi connectivity index (χ0n) is 40.1. The van der Waals surface area contributed by atoms with E-state index < -0.39 is 18.2 Å². The van der Waals surface area contributed by atoms with Crippen LogP contribution in [0.3, 0.4) is 0 Å². The highest BCUT2D eigenvalue weighted by molar-refractivity contribution is 5.77. The fourth-order valence-corrected chi connectivity index (χ4v) is 8.02. The van der Waals surface area contributed by atoms with Gasteiger partial charge in [-0.1, -0.05) is 243 Å². The number of carbonyl (C=O) groups excluding carboxylic acids is 2. The van der Waals surface area contributed by atoms with Crippen LogP contribution in [0.15, 0.2) is 36.5 Å². The third kappa shape index (κ3) is 42.8. The summed E-state index contributed by atoms with van der Waals surface area (Å²) in [4.78, 5) is 26.1. The second-order valence-electron chi connectivity index (χ2n) is 18.0. The molecule has 0 spiro atoms. The van der Waals surface area contributed by atoms with E-state index in [1.54, 1.807) is 0 Å². The van der Waals surface area contributed by atoms with Crippen LogP contribution in [0, 0.1) is 0 Å². The number of hydrogen-bond acceptors (Lipinski definition) is 5. The van der Waals surface area contributed by atoms with Gasteiger partial charge in [-0.3, -0.25) is 9.59 Å². The maximum absolute atomic E-state index is 13.2. The highest BCUT2D eigenvalue weighted by Gasteiger charge is 2.24. The van der Waals surface area contributed by atoms with Crippen molar-refractivity contribution in [3.8, 4) is 0 Å². The van der Waals surface area contributed by atoms with E-state index in [0.29, 0.717) is 19.3 Å². The fourth-order valence-electron chi connectivity index (χ4n) is 8.02. The summed E-state index contributed by atoms with van der Waals surface area (Å²) in [7, 11) is 0. The van der Waals surface area contributed by atoms with Gasteiger partial charge in [0.2, 0.25) is 5.91 Å². The van der Waals surface area contributed by atoms with Crippen molar-refractivity contribution in [2.24, 2.45) is 0 Å². The van der Waals surface area contributed by atoms with Gasteiger partial charge in [0.1, 0.15) is 6.10 Å². The molecule has 1 amide bonds. The van der Waals surface area contributed by atoms with Gasteiger partial charge in [0.05, 0.1) is 25.2 Å². The predicted molar refractivity (Wildman–Crippen MR) is 259 cm³/mol. The molecule has 0 saturated heterocycles. The van der Waals surface area contributed by atoms with Gasteiger partial charge in [0.25, 0.3) is 0 Å². The Balaban J connectivity index is 4.42. The molecular formula is C54H101NO5. The number of amides is 1. The molecule has 0 aromatic carbocycles. The summed E-state index contributed by atoms with van der Waals surface area (Å²) in [5, 5.41) is 23.7. The second-order valence-corrected chi connectivity index (χ2v) is 18.0. The van der Waals surface area contributed by atoms with Crippen molar-refractivity contribution in [2.45, 2.75) is 289 Å². The van der Waals surface area contributed by atoms with Gasteiger partial charge in [-0.05, 0) is 51.4 Å². The van der Waals surface area contributed by atoms with Crippen LogP contribution in [0.2, 0.25) is 0 Å². The van der Waals surface area contributed by atoms with E-state index in [1.165, 1.54) is 154 Å². The fraction of sp³-hybridized carbons (Fsp3) is 0.852. The Bertz CT molecular complexity index is 993. The Kier molecular flexibility index (Phi) is 46.6. The number of rotatable bonds is 47. The van der Waals surface area contributed by atoms with Crippen molar-refractivity contribution in [3.05, 3.63) is 36.5 Å². The summed E-state index contributed by atoms with van der Waals surface area (Å²) in [5.74, 6) is -0.490. The van der Waals surface area contributed by atoms with E-state index in [2.05, 4.69) is 62.5 Å². The van der Waals surface area contributed by atoms with Gasteiger partial charge in [-0.25, -0.2) is 0 Å². The first-order valence-corrected chi connectivity index (χ1v) is 26.2. The lowest BCUT2D eigenvalue weighted by Crippen LogP contribution is -2.46. The maximum Gasteiger partial charge on any atom is 0.306 e. The van der Waals surface area contributed by atoms with Crippen LogP contribution in [0.5, 0.6) is 0 Å². The van der Waals surface area contributed by atoms with Crippen LogP contribution in [-0.2, 0) is 14.3 Å². The van der Waals surface area contributed by atoms with Crippen molar-refractivity contribution in [2.75, 3.05) is 6.61 Å². The van der Waals surface area contributed by atoms with Gasteiger partial charge in [-0.15, -0.1) is 0 Å². The van der Waals surface area contributed by atoms with Crippen LogP contribution in [0.25, 0.3) is 0 Å². The molecule has 0 aromatic heterocycles. The van der Waals surface area contributed by atoms with Crippen molar-refractivity contribution < 1.29 is 24.5 Å². The number of allylic oxidation sites excluding steroid dienone is 6. The highest BCUT2D eigenvalue weighted by Crippen LogP contribution is 2.18. The van der Waals surface area contributed by atoms with Gasteiger partial charge in [-0.2, -0.15) is 0 Å². The topological polar surface area (TPSA) is 95.9 Å². The molecule has 6 heteroatoms. The van der Waals surface area contributed by atoms with E-state index in [0.717, 1.165) is 70.6 Å². The van der Waals surface area contributed by atoms with Crippen molar-refractivity contribution >= 4 is 11.9 Å². The van der Waals surface area contributed by atoms with Crippen LogP contribution in [0.4, 0.5) is 0 Å². The number of unbranched alkanes of at least 4 members (excludes halogenated alkanes) is 31. The molecule has 0 rings (SSSR count). The number of carbonyl (C=O) groups is 2. The Morgan fingerprint density at radius 2 is 0.850 bits per heavy atom. The second kappa shape index (κ2) is 48.1. The summed E-state index contributed by atoms with van der Waals surface area (Å²) >= 11 is 0. The van der Waals surface area contributed by atoms with Crippen molar-refractivity contribution in [3.63, 3.8) is 0 Å². The molecule has 0 aliphatic heterocycles. The highest BCUT2D eigenvalue weighted by atomic mass is 16.5. The average molecular weight is 844 g/mol. The first kappa shape index (κ1) is 58.1. The number of aliphatic hydroxyl groups is 2. The standard InChI is InChI=1S/C54H101NO5/c1-4-7-10-13-16-19-21-23-25-26-27-29-31-33-35-38-41-44-47-54(59)60-50(45-42-39-36-18-15-12-9-6-3)48-53(58)55-51(49-56)52(57)46-43-40-37-34-32-30-28-24-22-20-17-14-11-8-5-2/h21,23,25-27,29,50-52,56-57H,4-20,22,24,28,30-49H2,1-3H3,(H,55,58)/b23-21+,26-25+,29-27+. The Morgan fingerprint density at radius 1 is 0.483 bits per heavy atom. The molecule has 0 saturated carbocycles. The molecule has 0 heterocycles. The Labute approximate surface area is 373 Å². The van der Waals surface area contributed by atoms with Crippen LogP contribution in [0.1, 0.15) is 271 Å². The number of nitrogens with one attached hydrogen (secondary N) is 1. The maximum atomic E-state index is 13.2. The minimum absolute atomic E-state index is 0.0720.